The maximum Gasteiger partial charge on any atom is 0.343 e. The highest BCUT2D eigenvalue weighted by Crippen LogP contribution is 2.28. The summed E-state index contributed by atoms with van der Waals surface area (Å²) in [4.78, 5) is 35.1. The zero-order valence-electron chi connectivity index (χ0n) is 45.6. The van der Waals surface area contributed by atoms with Crippen LogP contribution in [0.15, 0.2) is 119 Å². The molecule has 6 aromatic carbocycles. The normalized spacial score (nSPS) is 11.6. The lowest BCUT2D eigenvalue weighted by Crippen LogP contribution is -2.08. The van der Waals surface area contributed by atoms with E-state index in [9.17, 15) is 19.8 Å². The van der Waals surface area contributed by atoms with Crippen molar-refractivity contribution >= 4 is 45.9 Å². The lowest BCUT2D eigenvalue weighted by molar-refractivity contribution is 0.0725. The molecule has 0 aliphatic rings. The summed E-state index contributed by atoms with van der Waals surface area (Å²) in [6.07, 6.45) is 32.8. The van der Waals surface area contributed by atoms with Crippen molar-refractivity contribution in [3.05, 3.63) is 131 Å². The number of unbranched alkanes of at least 4 members (excludes halogenated alkanes) is 21. The number of phenolic OH excluding ortho intramolecular Hbond substituents is 2. The van der Waals surface area contributed by atoms with Crippen LogP contribution < -0.4 is 18.9 Å². The summed E-state index contributed by atoms with van der Waals surface area (Å²) in [5, 5.41) is 25.1. The first-order valence-electron chi connectivity index (χ1n) is 28.7. The van der Waals surface area contributed by atoms with Crippen molar-refractivity contribution in [3.63, 3.8) is 0 Å². The van der Waals surface area contributed by atoms with Crippen LogP contribution in [0.1, 0.15) is 200 Å². The largest absolute Gasteiger partial charge is 0.507 e. The number of rotatable bonds is 37. The summed E-state index contributed by atoms with van der Waals surface area (Å²) < 4.78 is 23.3. The van der Waals surface area contributed by atoms with Crippen LogP contribution in [0.4, 0.5) is 0 Å². The molecule has 2 N–H and O–H groups in total. The van der Waals surface area contributed by atoms with Gasteiger partial charge in [-0.3, -0.25) is 9.98 Å². The van der Waals surface area contributed by atoms with Crippen LogP contribution in [0.2, 0.25) is 0 Å². The molecule has 0 aromatic heterocycles. The molecule has 0 spiro atoms. The van der Waals surface area contributed by atoms with Crippen LogP contribution in [-0.2, 0) is 0 Å². The quantitative estimate of drug-likeness (QED) is 0.0170. The first-order valence-corrected chi connectivity index (χ1v) is 28.7. The second kappa shape index (κ2) is 34.1. The van der Waals surface area contributed by atoms with Gasteiger partial charge in [-0.15, -0.1) is 0 Å². The Morgan fingerprint density at radius 3 is 1.09 bits per heavy atom. The molecular weight excluding hydrogens is 949 g/mol. The molecule has 6 rings (SSSR count). The number of hydrogen-bond acceptors (Lipinski definition) is 10. The minimum Gasteiger partial charge on any atom is -0.507 e. The van der Waals surface area contributed by atoms with Gasteiger partial charge in [-0.25, -0.2) is 9.59 Å². The molecule has 0 aliphatic heterocycles. The molecule has 6 aromatic rings. The predicted molar refractivity (Wildman–Crippen MR) is 312 cm³/mol. The summed E-state index contributed by atoms with van der Waals surface area (Å²) in [7, 11) is 0. The van der Waals surface area contributed by atoms with Gasteiger partial charge in [-0.2, -0.15) is 0 Å². The fraction of sp³-hybridized carbons (Fsp3) is 0.455. The molecule has 0 fully saturated rings. The lowest BCUT2D eigenvalue weighted by Gasteiger charge is -2.09. The van der Waals surface area contributed by atoms with Crippen molar-refractivity contribution in [2.24, 2.45) is 9.98 Å². The Hall–Kier alpha value is -6.68. The fourth-order valence-electron chi connectivity index (χ4n) is 9.25. The highest BCUT2D eigenvalue weighted by Gasteiger charge is 2.14. The van der Waals surface area contributed by atoms with Gasteiger partial charge in [0.15, 0.2) is 0 Å². The van der Waals surface area contributed by atoms with Gasteiger partial charge in [0.05, 0.1) is 24.3 Å². The third-order valence-corrected chi connectivity index (χ3v) is 13.8. The number of benzene rings is 6. The molecule has 10 heteroatoms. The number of aliphatic imine (C=N–C) groups is 2. The van der Waals surface area contributed by atoms with Gasteiger partial charge in [0.1, 0.15) is 34.5 Å². The fourth-order valence-corrected chi connectivity index (χ4v) is 9.25. The van der Waals surface area contributed by atoms with E-state index in [1.807, 2.05) is 60.7 Å². The monoisotopic (exact) mass is 1030 g/mol. The molecule has 0 radical (unpaired) electrons. The van der Waals surface area contributed by atoms with E-state index in [2.05, 4.69) is 23.8 Å². The van der Waals surface area contributed by atoms with Gasteiger partial charge in [0, 0.05) is 48.8 Å². The minimum absolute atomic E-state index is 0.0206. The third kappa shape index (κ3) is 21.2. The van der Waals surface area contributed by atoms with Crippen LogP contribution in [0.5, 0.6) is 34.5 Å². The standard InChI is InChI=1S/C66H84N2O8/c1-3-5-7-9-11-13-15-17-21-25-41-73-59-35-31-51-43-55(29-27-53(51)45-59)65(71)75-61-37-33-57(63(69)47-61)49-67-39-23-19-20-24-40-68-50-58-34-38-62(48-64(58)70)76-66(72)56-30-28-54-46-60(36-32-52(54)44-56)74-42-26-22-18-16-14-12-10-8-6-4-2/h27-38,43-50,69-70H,3-26,39-42H2,1-2H3. The molecule has 0 atom stereocenters. The molecule has 0 heterocycles. The van der Waals surface area contributed by atoms with Crippen LogP contribution >= 0.6 is 0 Å². The summed E-state index contributed by atoms with van der Waals surface area (Å²) in [5.41, 5.74) is 1.92. The van der Waals surface area contributed by atoms with Crippen LogP contribution in [-0.4, -0.2) is 60.9 Å². The topological polar surface area (TPSA) is 136 Å². The first kappa shape index (κ1) is 58.6. The average molecular weight is 1030 g/mol. The maximum absolute atomic E-state index is 13.1. The summed E-state index contributed by atoms with van der Waals surface area (Å²) >= 11 is 0. The van der Waals surface area contributed by atoms with Crippen molar-refractivity contribution in [2.45, 2.75) is 168 Å². The number of ether oxygens (including phenoxy) is 4. The Morgan fingerprint density at radius 1 is 0.382 bits per heavy atom. The number of carbonyl (C=O) groups excluding carboxylic acids is 2. The highest BCUT2D eigenvalue weighted by molar-refractivity contribution is 5.98. The smallest absolute Gasteiger partial charge is 0.343 e. The predicted octanol–water partition coefficient (Wildman–Crippen LogP) is 17.5. The van der Waals surface area contributed by atoms with E-state index in [4.69, 9.17) is 18.9 Å². The number of hydrogen-bond donors (Lipinski definition) is 2. The van der Waals surface area contributed by atoms with Crippen LogP contribution in [0.25, 0.3) is 21.5 Å². The molecule has 0 aliphatic carbocycles. The maximum atomic E-state index is 13.1. The Kier molecular flexibility index (Phi) is 26.3. The van der Waals surface area contributed by atoms with Gasteiger partial charge in [-0.1, -0.05) is 167 Å². The van der Waals surface area contributed by atoms with Crippen molar-refractivity contribution < 1.29 is 38.7 Å². The zero-order valence-corrected chi connectivity index (χ0v) is 45.6. The molecule has 76 heavy (non-hydrogen) atoms. The lowest BCUT2D eigenvalue weighted by atomic mass is 10.1. The van der Waals surface area contributed by atoms with Crippen molar-refractivity contribution in [1.29, 1.82) is 0 Å². The molecule has 0 unspecified atom stereocenters. The van der Waals surface area contributed by atoms with Gasteiger partial charge >= 0.3 is 11.9 Å². The molecule has 406 valence electrons. The van der Waals surface area contributed by atoms with Crippen molar-refractivity contribution in [3.8, 4) is 34.5 Å². The second-order valence-corrected chi connectivity index (χ2v) is 20.2. The Morgan fingerprint density at radius 2 is 0.711 bits per heavy atom. The summed E-state index contributed by atoms with van der Waals surface area (Å²) in [6, 6.07) is 32.3. The Balaban J connectivity index is 0.814. The number of fused-ring (bicyclic) bond motifs is 2. The van der Waals surface area contributed by atoms with Gasteiger partial charge in [0.25, 0.3) is 0 Å². The molecule has 0 saturated carbocycles. The van der Waals surface area contributed by atoms with Gasteiger partial charge < -0.3 is 29.2 Å². The number of aromatic hydroxyl groups is 2. The second-order valence-electron chi connectivity index (χ2n) is 20.2. The SMILES string of the molecule is CCCCCCCCCCCCOc1ccc2cc(C(=O)Oc3ccc(C=NCCCCCCN=Cc4ccc(OC(=O)c5ccc6cc(OCCCCCCCCCCCC)ccc6c5)cc4O)c(O)c3)ccc2c1. The Labute approximate surface area is 453 Å². The van der Waals surface area contributed by atoms with E-state index in [0.717, 1.165) is 71.6 Å². The average Bonchev–Trinajstić information content (AvgIpc) is 3.42. The molecule has 0 amide bonds. The molecule has 0 bridgehead atoms. The Bertz CT molecular complexity index is 2560. The number of esters is 2. The number of nitrogens with zero attached hydrogens (tertiary/aromatic N) is 2. The van der Waals surface area contributed by atoms with Gasteiger partial charge in [0.2, 0.25) is 0 Å². The van der Waals surface area contributed by atoms with Crippen LogP contribution in [0.3, 0.4) is 0 Å². The van der Waals surface area contributed by atoms with E-state index in [1.54, 1.807) is 48.8 Å². The zero-order chi connectivity index (χ0) is 53.4. The van der Waals surface area contributed by atoms with E-state index in [-0.39, 0.29) is 23.0 Å². The van der Waals surface area contributed by atoms with Crippen LogP contribution in [0, 0.1) is 0 Å². The summed E-state index contributed by atoms with van der Waals surface area (Å²) in [6.45, 7) is 7.13. The van der Waals surface area contributed by atoms with Gasteiger partial charge in [-0.05, 0) is 120 Å². The first-order chi connectivity index (χ1) is 37.3. The molecule has 10 nitrogen and oxygen atoms in total. The minimum atomic E-state index is -0.505. The van der Waals surface area contributed by atoms with Crippen molar-refractivity contribution in [2.75, 3.05) is 26.3 Å². The van der Waals surface area contributed by atoms with E-state index in [0.29, 0.717) is 48.6 Å². The van der Waals surface area contributed by atoms with E-state index >= 15 is 0 Å². The third-order valence-electron chi connectivity index (χ3n) is 13.8. The van der Waals surface area contributed by atoms with E-state index in [1.165, 1.54) is 128 Å². The summed E-state index contributed by atoms with van der Waals surface area (Å²) in [5.74, 6) is 1.10. The van der Waals surface area contributed by atoms with E-state index < -0.39 is 11.9 Å². The number of carbonyl (C=O) groups is 2. The molecule has 0 saturated heterocycles. The highest BCUT2D eigenvalue weighted by atomic mass is 16.5. The number of phenols is 2. The van der Waals surface area contributed by atoms with Crippen molar-refractivity contribution in [1.82, 2.24) is 0 Å². The molecular formula is C66H84N2O8.